The Balaban J connectivity index is 1.30. The molecule has 2 aliphatic rings. The number of piperidine rings is 1. The number of benzene rings is 1. The molecule has 3 rings (SSSR count). The molecule has 2 saturated heterocycles. The number of likely N-dealkylation sites (tertiary alicyclic amines) is 2. The van der Waals surface area contributed by atoms with Gasteiger partial charge >= 0.3 is 0 Å². The van der Waals surface area contributed by atoms with Crippen LogP contribution in [0, 0.1) is 11.7 Å². The Labute approximate surface area is 173 Å². The summed E-state index contributed by atoms with van der Waals surface area (Å²) >= 11 is 0. The van der Waals surface area contributed by atoms with Crippen LogP contribution in [0.4, 0.5) is 4.39 Å². The molecular weight excluding hydrogens is 369 g/mol. The number of hydrogen-bond acceptors (Lipinski definition) is 3. The number of carbonyl (C=O) groups is 2. The zero-order valence-corrected chi connectivity index (χ0v) is 17.6. The molecule has 0 spiro atoms. The molecule has 0 bridgehead atoms. The summed E-state index contributed by atoms with van der Waals surface area (Å²) in [5.74, 6) is 0.801. The van der Waals surface area contributed by atoms with Crippen molar-refractivity contribution in [2.75, 3.05) is 46.3 Å². The first kappa shape index (κ1) is 21.8. The summed E-state index contributed by atoms with van der Waals surface area (Å²) < 4.78 is 13.3. The van der Waals surface area contributed by atoms with Crippen LogP contribution in [-0.2, 0) is 16.0 Å². The summed E-state index contributed by atoms with van der Waals surface area (Å²) in [5, 5.41) is 0. The second-order valence-corrected chi connectivity index (χ2v) is 8.53. The fraction of sp³-hybridized carbons (Fsp3) is 0.652. The van der Waals surface area contributed by atoms with Crippen molar-refractivity contribution < 1.29 is 14.0 Å². The Morgan fingerprint density at radius 1 is 1.21 bits per heavy atom. The predicted molar refractivity (Wildman–Crippen MR) is 112 cm³/mol. The maximum Gasteiger partial charge on any atom is 0.222 e. The number of carbonyl (C=O) groups excluding carboxylic acids is 2. The Morgan fingerprint density at radius 3 is 2.69 bits per heavy atom. The first-order chi connectivity index (χ1) is 14.0. The highest BCUT2D eigenvalue weighted by molar-refractivity contribution is 5.78. The van der Waals surface area contributed by atoms with Gasteiger partial charge in [0.15, 0.2) is 0 Å². The van der Waals surface area contributed by atoms with Crippen molar-refractivity contribution in [1.29, 1.82) is 0 Å². The van der Waals surface area contributed by atoms with Crippen molar-refractivity contribution >= 4 is 11.8 Å². The normalized spacial score (nSPS) is 18.4. The summed E-state index contributed by atoms with van der Waals surface area (Å²) in [5.41, 5.74) is 1.05. The van der Waals surface area contributed by atoms with Gasteiger partial charge in [-0.25, -0.2) is 4.39 Å². The largest absolute Gasteiger partial charge is 0.345 e. The molecule has 160 valence electrons. The molecule has 0 aromatic heterocycles. The summed E-state index contributed by atoms with van der Waals surface area (Å²) in [4.78, 5) is 30.2. The fourth-order valence-corrected chi connectivity index (χ4v) is 4.41. The van der Waals surface area contributed by atoms with E-state index in [-0.39, 0.29) is 17.6 Å². The predicted octanol–water partition coefficient (Wildman–Crippen LogP) is 2.94. The average molecular weight is 404 g/mol. The average Bonchev–Trinajstić information content (AvgIpc) is 3.12. The van der Waals surface area contributed by atoms with Crippen LogP contribution in [0.5, 0.6) is 0 Å². The van der Waals surface area contributed by atoms with Gasteiger partial charge in [-0.2, -0.15) is 0 Å². The van der Waals surface area contributed by atoms with Gasteiger partial charge in [-0.05, 0) is 68.8 Å². The molecule has 0 radical (unpaired) electrons. The van der Waals surface area contributed by atoms with Gasteiger partial charge in [0.05, 0.1) is 0 Å². The monoisotopic (exact) mass is 403 g/mol. The lowest BCUT2D eigenvalue weighted by Gasteiger charge is -2.34. The zero-order valence-electron chi connectivity index (χ0n) is 17.6. The summed E-state index contributed by atoms with van der Waals surface area (Å²) in [6.45, 7) is 5.42. The van der Waals surface area contributed by atoms with E-state index >= 15 is 0 Å². The smallest absolute Gasteiger partial charge is 0.222 e. The maximum atomic E-state index is 13.3. The highest BCUT2D eigenvalue weighted by atomic mass is 19.1. The van der Waals surface area contributed by atoms with E-state index < -0.39 is 0 Å². The SMILES string of the molecule is CN(CC1CCN(CCc2cccc(F)c2)CC1)C(=O)CCCN1CCCC1=O. The molecule has 0 atom stereocenters. The van der Waals surface area contributed by atoms with Gasteiger partial charge < -0.3 is 14.7 Å². The molecule has 1 aromatic rings. The van der Waals surface area contributed by atoms with Crippen LogP contribution in [-0.4, -0.2) is 72.8 Å². The number of hydrogen-bond donors (Lipinski definition) is 0. The van der Waals surface area contributed by atoms with Gasteiger partial charge in [-0.15, -0.1) is 0 Å². The van der Waals surface area contributed by atoms with Gasteiger partial charge in [0.1, 0.15) is 5.82 Å². The Bertz CT molecular complexity index is 688. The minimum Gasteiger partial charge on any atom is -0.345 e. The number of rotatable bonds is 9. The maximum absolute atomic E-state index is 13.3. The fourth-order valence-electron chi connectivity index (χ4n) is 4.41. The van der Waals surface area contributed by atoms with Crippen LogP contribution in [0.3, 0.4) is 0 Å². The highest BCUT2D eigenvalue weighted by Gasteiger charge is 2.23. The van der Waals surface area contributed by atoms with Crippen LogP contribution < -0.4 is 0 Å². The Kier molecular flexibility index (Phi) is 8.04. The van der Waals surface area contributed by atoms with Crippen LogP contribution in [0.2, 0.25) is 0 Å². The van der Waals surface area contributed by atoms with Crippen molar-refractivity contribution in [2.45, 2.75) is 44.9 Å². The van der Waals surface area contributed by atoms with E-state index in [1.807, 2.05) is 22.9 Å². The zero-order chi connectivity index (χ0) is 20.6. The van der Waals surface area contributed by atoms with E-state index in [2.05, 4.69) is 4.90 Å². The van der Waals surface area contributed by atoms with E-state index in [9.17, 15) is 14.0 Å². The van der Waals surface area contributed by atoms with E-state index in [4.69, 9.17) is 0 Å². The summed E-state index contributed by atoms with van der Waals surface area (Å²) in [7, 11) is 1.90. The topological polar surface area (TPSA) is 43.9 Å². The molecule has 29 heavy (non-hydrogen) atoms. The van der Waals surface area contributed by atoms with Gasteiger partial charge in [0.2, 0.25) is 11.8 Å². The Hall–Kier alpha value is -1.95. The van der Waals surface area contributed by atoms with Crippen molar-refractivity contribution in [3.8, 4) is 0 Å². The van der Waals surface area contributed by atoms with Crippen molar-refractivity contribution in [2.24, 2.45) is 5.92 Å². The molecule has 6 heteroatoms. The molecule has 0 aliphatic carbocycles. The minimum atomic E-state index is -0.166. The van der Waals surface area contributed by atoms with Gasteiger partial charge in [0, 0.05) is 46.1 Å². The first-order valence-corrected chi connectivity index (χ1v) is 11.0. The number of nitrogens with zero attached hydrogens (tertiary/aromatic N) is 3. The first-order valence-electron chi connectivity index (χ1n) is 11.0. The van der Waals surface area contributed by atoms with Crippen LogP contribution in [0.25, 0.3) is 0 Å². The van der Waals surface area contributed by atoms with Crippen molar-refractivity contribution in [3.05, 3.63) is 35.6 Å². The van der Waals surface area contributed by atoms with Gasteiger partial charge in [-0.3, -0.25) is 9.59 Å². The van der Waals surface area contributed by atoms with Crippen LogP contribution in [0.1, 0.15) is 44.1 Å². The minimum absolute atomic E-state index is 0.166. The lowest BCUT2D eigenvalue weighted by Crippen LogP contribution is -2.40. The molecule has 1 aromatic carbocycles. The molecule has 5 nitrogen and oxygen atoms in total. The number of halogens is 1. The third-order valence-electron chi connectivity index (χ3n) is 6.26. The molecule has 0 unspecified atom stereocenters. The summed E-state index contributed by atoms with van der Waals surface area (Å²) in [6, 6.07) is 6.86. The number of amides is 2. The second kappa shape index (κ2) is 10.7. The quantitative estimate of drug-likeness (QED) is 0.637. The molecular formula is C23H34FN3O2. The highest BCUT2D eigenvalue weighted by Crippen LogP contribution is 2.19. The van der Waals surface area contributed by atoms with E-state index in [1.165, 1.54) is 6.07 Å². The molecule has 2 heterocycles. The van der Waals surface area contributed by atoms with Gasteiger partial charge in [0.25, 0.3) is 0 Å². The third kappa shape index (κ3) is 6.81. The third-order valence-corrected chi connectivity index (χ3v) is 6.26. The van der Waals surface area contributed by atoms with Crippen molar-refractivity contribution in [1.82, 2.24) is 14.7 Å². The van der Waals surface area contributed by atoms with Crippen molar-refractivity contribution in [3.63, 3.8) is 0 Å². The lowest BCUT2D eigenvalue weighted by molar-refractivity contribution is -0.132. The molecule has 2 aliphatic heterocycles. The van der Waals surface area contributed by atoms with E-state index in [0.29, 0.717) is 25.3 Å². The summed E-state index contributed by atoms with van der Waals surface area (Å²) in [6.07, 6.45) is 5.97. The molecule has 2 fully saturated rings. The molecule has 0 N–H and O–H groups in total. The lowest BCUT2D eigenvalue weighted by atomic mass is 9.96. The molecule has 2 amide bonds. The van der Waals surface area contributed by atoms with Crippen LogP contribution in [0.15, 0.2) is 24.3 Å². The Morgan fingerprint density at radius 2 is 2.00 bits per heavy atom. The van der Waals surface area contributed by atoms with Crippen LogP contribution >= 0.6 is 0 Å². The van der Waals surface area contributed by atoms with Gasteiger partial charge in [-0.1, -0.05) is 12.1 Å². The standard InChI is InChI=1S/C23H34FN3O2/c1-25(22(28)7-3-12-27-13-4-8-23(27)29)18-20-10-15-26(16-11-20)14-9-19-5-2-6-21(24)17-19/h2,5-6,17,20H,3-4,7-16,18H2,1H3. The second-order valence-electron chi connectivity index (χ2n) is 8.53. The van der Waals surface area contributed by atoms with E-state index in [1.54, 1.807) is 12.1 Å². The molecule has 0 saturated carbocycles. The van der Waals surface area contributed by atoms with E-state index in [0.717, 1.165) is 70.4 Å².